The third-order valence-electron chi connectivity index (χ3n) is 4.79. The first-order chi connectivity index (χ1) is 14.7. The smallest absolute Gasteiger partial charge is 0.220 e. The Hall–Kier alpha value is -2.29. The number of hydrogen-bond acceptors (Lipinski definition) is 6. The van der Waals surface area contributed by atoms with Crippen LogP contribution in [0.25, 0.3) is 5.69 Å². The van der Waals surface area contributed by atoms with Gasteiger partial charge in [0.25, 0.3) is 0 Å². The molecular weight excluding hydrogens is 459 g/mol. The Morgan fingerprint density at radius 2 is 1.81 bits per heavy atom. The maximum absolute atomic E-state index is 11.4. The quantitative estimate of drug-likeness (QED) is 0.223. The summed E-state index contributed by atoms with van der Waals surface area (Å²) in [4.78, 5) is 11.1. The van der Waals surface area contributed by atoms with Crippen molar-refractivity contribution in [2.24, 2.45) is 0 Å². The fraction of sp³-hybridized carbons (Fsp3) is 0.333. The van der Waals surface area contributed by atoms with E-state index in [-0.39, 0.29) is 11.5 Å². The molecule has 0 saturated heterocycles. The molecule has 0 unspecified atom stereocenters. The van der Waals surface area contributed by atoms with Crippen LogP contribution in [0.2, 0.25) is 10.0 Å². The lowest BCUT2D eigenvalue weighted by molar-refractivity contribution is -0.479. The number of aromatic nitrogens is 3. The molecule has 0 aliphatic rings. The van der Waals surface area contributed by atoms with E-state index < -0.39 is 5.25 Å². The van der Waals surface area contributed by atoms with Gasteiger partial charge in [-0.15, -0.1) is 10.2 Å². The highest BCUT2D eigenvalue weighted by Crippen LogP contribution is 2.41. The van der Waals surface area contributed by atoms with E-state index in [1.165, 1.54) is 17.3 Å². The summed E-state index contributed by atoms with van der Waals surface area (Å²) >= 11 is 13.9. The van der Waals surface area contributed by atoms with Crippen LogP contribution in [-0.4, -0.2) is 32.8 Å². The Morgan fingerprint density at radius 3 is 2.39 bits per heavy atom. The van der Waals surface area contributed by atoms with Crippen LogP contribution in [0.5, 0.6) is 5.75 Å². The van der Waals surface area contributed by atoms with E-state index in [1.54, 1.807) is 12.1 Å². The number of rotatable bonds is 8. The molecule has 7 nitrogen and oxygen atoms in total. The first-order valence-corrected chi connectivity index (χ1v) is 11.2. The van der Waals surface area contributed by atoms with Crippen molar-refractivity contribution >= 4 is 35.0 Å². The highest BCUT2D eigenvalue weighted by molar-refractivity contribution is 7.99. The van der Waals surface area contributed by atoms with E-state index in [4.69, 9.17) is 27.9 Å². The molecule has 0 N–H and O–H groups in total. The van der Waals surface area contributed by atoms with Gasteiger partial charge in [0, 0.05) is 10.6 Å². The van der Waals surface area contributed by atoms with Gasteiger partial charge in [-0.3, -0.25) is 14.7 Å². The number of nitro groups is 1. The number of benzene rings is 2. The van der Waals surface area contributed by atoms with Gasteiger partial charge in [0.1, 0.15) is 11.1 Å². The lowest BCUT2D eigenvalue weighted by atomic mass is 10.1. The molecule has 0 bridgehead atoms. The van der Waals surface area contributed by atoms with Gasteiger partial charge in [0.15, 0.2) is 10.9 Å². The molecule has 0 aliphatic carbocycles. The van der Waals surface area contributed by atoms with E-state index >= 15 is 0 Å². The SMILES string of the molecule is CCOc1c(Cl)cc([C@H](C[N+](=O)[O-])Sc2nnc(C)n2-c2ccc(C)c(C)c2)cc1Cl. The minimum Gasteiger partial charge on any atom is -0.491 e. The second-order valence-electron chi connectivity index (χ2n) is 7.00. The first-order valence-electron chi connectivity index (χ1n) is 9.61. The van der Waals surface area contributed by atoms with Crippen molar-refractivity contribution in [1.82, 2.24) is 14.8 Å². The molecule has 0 spiro atoms. The van der Waals surface area contributed by atoms with E-state index in [0.29, 0.717) is 38.9 Å². The van der Waals surface area contributed by atoms with Crippen LogP contribution in [-0.2, 0) is 0 Å². The zero-order chi connectivity index (χ0) is 22.7. The normalized spacial score (nSPS) is 12.1. The summed E-state index contributed by atoms with van der Waals surface area (Å²) in [6, 6.07) is 9.37. The van der Waals surface area contributed by atoms with Gasteiger partial charge < -0.3 is 4.74 Å². The van der Waals surface area contributed by atoms with Gasteiger partial charge in [-0.05, 0) is 68.7 Å². The van der Waals surface area contributed by atoms with Gasteiger partial charge in [-0.1, -0.05) is 41.0 Å². The third kappa shape index (κ3) is 5.31. The summed E-state index contributed by atoms with van der Waals surface area (Å²) < 4.78 is 7.36. The second-order valence-corrected chi connectivity index (χ2v) is 8.99. The number of thioether (sulfide) groups is 1. The molecule has 3 rings (SSSR count). The monoisotopic (exact) mass is 480 g/mol. The Kier molecular flexibility index (Phi) is 7.46. The van der Waals surface area contributed by atoms with Crippen molar-refractivity contribution in [1.29, 1.82) is 0 Å². The molecule has 1 heterocycles. The molecule has 0 radical (unpaired) electrons. The Morgan fingerprint density at radius 1 is 1.13 bits per heavy atom. The van der Waals surface area contributed by atoms with Crippen molar-refractivity contribution in [3.63, 3.8) is 0 Å². The maximum atomic E-state index is 11.4. The van der Waals surface area contributed by atoms with Crippen molar-refractivity contribution in [3.05, 3.63) is 73.0 Å². The van der Waals surface area contributed by atoms with E-state index in [2.05, 4.69) is 10.2 Å². The molecule has 2 aromatic carbocycles. The average molecular weight is 481 g/mol. The standard InChI is InChI=1S/C21H22Cl2N4O3S/c1-5-30-20-17(22)9-15(10-18(20)23)19(11-26(28)29)31-21-25-24-14(4)27(21)16-7-6-12(2)13(3)8-16/h6-10,19H,5,11H2,1-4H3/t19-/m0/s1. The van der Waals surface area contributed by atoms with Gasteiger partial charge in [-0.25, -0.2) is 0 Å². The summed E-state index contributed by atoms with van der Waals surface area (Å²) in [5.41, 5.74) is 3.82. The fourth-order valence-corrected chi connectivity index (χ4v) is 4.87. The molecule has 0 fully saturated rings. The Labute approximate surface area is 194 Å². The van der Waals surface area contributed by atoms with Gasteiger partial charge in [0.05, 0.1) is 16.7 Å². The van der Waals surface area contributed by atoms with E-state index in [0.717, 1.165) is 11.3 Å². The molecule has 1 aromatic heterocycles. The molecule has 31 heavy (non-hydrogen) atoms. The predicted octanol–water partition coefficient (Wildman–Crippen LogP) is 6.01. The minimum atomic E-state index is -0.574. The molecule has 10 heteroatoms. The van der Waals surface area contributed by atoms with Crippen LogP contribution in [0.4, 0.5) is 0 Å². The molecule has 0 saturated carbocycles. The molecule has 3 aromatic rings. The highest BCUT2D eigenvalue weighted by Gasteiger charge is 2.25. The lowest BCUT2D eigenvalue weighted by Gasteiger charge is -2.17. The number of hydrogen-bond donors (Lipinski definition) is 0. The van der Waals surface area contributed by atoms with Crippen molar-refractivity contribution in [3.8, 4) is 11.4 Å². The predicted molar refractivity (Wildman–Crippen MR) is 124 cm³/mol. The third-order valence-corrected chi connectivity index (χ3v) is 6.53. The number of halogens is 2. The summed E-state index contributed by atoms with van der Waals surface area (Å²) in [7, 11) is 0. The summed E-state index contributed by atoms with van der Waals surface area (Å²) in [5, 5.41) is 20.5. The summed E-state index contributed by atoms with van der Waals surface area (Å²) in [6.07, 6.45) is 0. The summed E-state index contributed by atoms with van der Waals surface area (Å²) in [6.45, 7) is 7.83. The molecule has 0 aliphatic heterocycles. The summed E-state index contributed by atoms with van der Waals surface area (Å²) in [5.74, 6) is 1.06. The van der Waals surface area contributed by atoms with Crippen molar-refractivity contribution < 1.29 is 9.66 Å². The number of ether oxygens (including phenoxy) is 1. The molecule has 0 amide bonds. The molecular formula is C21H22Cl2N4O3S. The van der Waals surface area contributed by atoms with Crippen LogP contribution in [0.3, 0.4) is 0 Å². The Balaban J connectivity index is 2.02. The fourth-order valence-electron chi connectivity index (χ4n) is 3.10. The largest absolute Gasteiger partial charge is 0.491 e. The number of nitrogens with zero attached hydrogens (tertiary/aromatic N) is 4. The van der Waals surface area contributed by atoms with Gasteiger partial charge in [0.2, 0.25) is 6.54 Å². The van der Waals surface area contributed by atoms with Crippen molar-refractivity contribution in [2.45, 2.75) is 38.1 Å². The van der Waals surface area contributed by atoms with Crippen LogP contribution in [0, 0.1) is 30.9 Å². The zero-order valence-electron chi connectivity index (χ0n) is 17.6. The van der Waals surface area contributed by atoms with Gasteiger partial charge >= 0.3 is 0 Å². The Bertz CT molecular complexity index is 1100. The van der Waals surface area contributed by atoms with Crippen LogP contribution in [0.15, 0.2) is 35.5 Å². The van der Waals surface area contributed by atoms with E-state index in [9.17, 15) is 10.1 Å². The maximum Gasteiger partial charge on any atom is 0.220 e. The van der Waals surface area contributed by atoms with Crippen LogP contribution in [0.1, 0.15) is 34.7 Å². The van der Waals surface area contributed by atoms with Crippen molar-refractivity contribution in [2.75, 3.05) is 13.2 Å². The van der Waals surface area contributed by atoms with E-state index in [1.807, 2.05) is 50.5 Å². The minimum absolute atomic E-state index is 0.310. The highest BCUT2D eigenvalue weighted by atomic mass is 35.5. The lowest BCUT2D eigenvalue weighted by Crippen LogP contribution is -2.11. The molecule has 1 atom stereocenters. The first kappa shape index (κ1) is 23.4. The topological polar surface area (TPSA) is 83.1 Å². The van der Waals surface area contributed by atoms with Gasteiger partial charge in [-0.2, -0.15) is 0 Å². The van der Waals surface area contributed by atoms with Crippen LogP contribution >= 0.6 is 35.0 Å². The zero-order valence-corrected chi connectivity index (χ0v) is 19.9. The average Bonchev–Trinajstić information content (AvgIpc) is 3.06. The van der Waals surface area contributed by atoms with Crippen LogP contribution < -0.4 is 4.74 Å². The molecule has 164 valence electrons. The second kappa shape index (κ2) is 9.89. The number of aryl methyl sites for hydroxylation is 3.